The third-order valence-electron chi connectivity index (χ3n) is 4.22. The van der Waals surface area contributed by atoms with Crippen molar-refractivity contribution in [3.05, 3.63) is 95.0 Å². The summed E-state index contributed by atoms with van der Waals surface area (Å²) in [5.74, 6) is -0.260. The predicted molar refractivity (Wildman–Crippen MR) is 115 cm³/mol. The Morgan fingerprint density at radius 1 is 0.786 bits per heavy atom. The highest BCUT2D eigenvalue weighted by molar-refractivity contribution is 9.10. The number of hydrogen-bond acceptors (Lipinski definition) is 2. The molecule has 0 aliphatic heterocycles. The molecule has 3 rings (SSSR count). The number of para-hydroxylation sites is 2. The van der Waals surface area contributed by atoms with Gasteiger partial charge < -0.3 is 5.32 Å². The van der Waals surface area contributed by atoms with Gasteiger partial charge in [-0.1, -0.05) is 64.5 Å². The highest BCUT2D eigenvalue weighted by Crippen LogP contribution is 2.26. The Hall–Kier alpha value is -2.92. The van der Waals surface area contributed by atoms with Crippen molar-refractivity contribution in [3.63, 3.8) is 0 Å². The largest absolute Gasteiger partial charge is 0.352 e. The zero-order valence-corrected chi connectivity index (χ0v) is 16.9. The molecule has 0 aliphatic rings. The summed E-state index contributed by atoms with van der Waals surface area (Å²) < 4.78 is 0.968. The van der Waals surface area contributed by atoms with Gasteiger partial charge >= 0.3 is 0 Å². The van der Waals surface area contributed by atoms with Crippen LogP contribution in [-0.4, -0.2) is 11.8 Å². The summed E-state index contributed by atoms with van der Waals surface area (Å²) >= 11 is 3.42. The fraction of sp³-hybridized carbons (Fsp3) is 0.130. The Bertz CT molecular complexity index is 890. The lowest BCUT2D eigenvalue weighted by Crippen LogP contribution is -2.29. The maximum absolute atomic E-state index is 12.9. The molecule has 0 heterocycles. The van der Waals surface area contributed by atoms with Crippen LogP contribution in [0.1, 0.15) is 18.4 Å². The van der Waals surface area contributed by atoms with Gasteiger partial charge in [-0.2, -0.15) is 0 Å². The summed E-state index contributed by atoms with van der Waals surface area (Å²) in [6.07, 6.45) is 0.275. The van der Waals surface area contributed by atoms with Crippen molar-refractivity contribution < 1.29 is 9.59 Å². The van der Waals surface area contributed by atoms with Crippen molar-refractivity contribution in [1.82, 2.24) is 5.32 Å². The Labute approximate surface area is 173 Å². The van der Waals surface area contributed by atoms with E-state index in [2.05, 4.69) is 21.2 Å². The molecule has 0 aliphatic carbocycles. The average molecular weight is 437 g/mol. The first kappa shape index (κ1) is 19.8. The van der Waals surface area contributed by atoms with E-state index < -0.39 is 0 Å². The van der Waals surface area contributed by atoms with Crippen molar-refractivity contribution in [2.24, 2.45) is 0 Å². The number of halogens is 1. The predicted octanol–water partition coefficient (Wildman–Crippen LogP) is 5.21. The fourth-order valence-corrected chi connectivity index (χ4v) is 3.31. The summed E-state index contributed by atoms with van der Waals surface area (Å²) in [5.41, 5.74) is 2.57. The Morgan fingerprint density at radius 2 is 1.39 bits per heavy atom. The minimum Gasteiger partial charge on any atom is -0.352 e. The molecule has 1 N–H and O–H groups in total. The first-order valence-electron chi connectivity index (χ1n) is 9.07. The molecule has 0 fully saturated rings. The third kappa shape index (κ3) is 5.54. The van der Waals surface area contributed by atoms with Crippen LogP contribution >= 0.6 is 15.9 Å². The Morgan fingerprint density at radius 3 is 1.96 bits per heavy atom. The van der Waals surface area contributed by atoms with E-state index in [1.807, 2.05) is 84.9 Å². The zero-order valence-electron chi connectivity index (χ0n) is 15.3. The van der Waals surface area contributed by atoms with E-state index in [1.165, 1.54) is 0 Å². The number of nitrogens with one attached hydrogen (secondary N) is 1. The van der Waals surface area contributed by atoms with Crippen LogP contribution in [-0.2, 0) is 16.1 Å². The maximum Gasteiger partial charge on any atom is 0.232 e. The van der Waals surface area contributed by atoms with E-state index in [0.717, 1.165) is 21.4 Å². The fourth-order valence-electron chi connectivity index (χ4n) is 2.86. The lowest BCUT2D eigenvalue weighted by Gasteiger charge is -2.23. The van der Waals surface area contributed by atoms with Crippen molar-refractivity contribution >= 4 is 39.1 Å². The van der Waals surface area contributed by atoms with E-state index >= 15 is 0 Å². The number of carbonyl (C=O) groups excluding carboxylic acids is 2. The Kier molecular flexibility index (Phi) is 6.98. The molecule has 5 heteroatoms. The van der Waals surface area contributed by atoms with Crippen LogP contribution in [0.3, 0.4) is 0 Å². The van der Waals surface area contributed by atoms with Gasteiger partial charge in [-0.05, 0) is 42.0 Å². The van der Waals surface area contributed by atoms with Gasteiger partial charge in [-0.25, -0.2) is 0 Å². The number of carbonyl (C=O) groups is 2. The number of nitrogens with zero attached hydrogens (tertiary/aromatic N) is 1. The lowest BCUT2D eigenvalue weighted by atomic mass is 10.2. The molecular formula is C23H21BrN2O2. The smallest absolute Gasteiger partial charge is 0.232 e. The first-order chi connectivity index (χ1) is 13.6. The molecule has 0 atom stereocenters. The molecular weight excluding hydrogens is 416 g/mol. The van der Waals surface area contributed by atoms with E-state index in [9.17, 15) is 9.59 Å². The van der Waals surface area contributed by atoms with Gasteiger partial charge in [-0.15, -0.1) is 0 Å². The Balaban J connectivity index is 1.61. The summed E-state index contributed by atoms with van der Waals surface area (Å²) in [6.45, 7) is 0.438. The van der Waals surface area contributed by atoms with E-state index in [-0.39, 0.29) is 24.7 Å². The second-order valence-corrected chi connectivity index (χ2v) is 7.22. The molecule has 28 heavy (non-hydrogen) atoms. The van der Waals surface area contributed by atoms with E-state index in [4.69, 9.17) is 0 Å². The molecule has 3 aromatic rings. The molecule has 4 nitrogen and oxygen atoms in total. The molecule has 142 valence electrons. The number of amides is 2. The second kappa shape index (κ2) is 9.85. The van der Waals surface area contributed by atoms with Gasteiger partial charge in [0.05, 0.1) is 0 Å². The lowest BCUT2D eigenvalue weighted by molar-refractivity contribution is -0.125. The molecule has 0 saturated heterocycles. The molecule has 0 saturated carbocycles. The van der Waals surface area contributed by atoms with E-state index in [0.29, 0.717) is 6.54 Å². The van der Waals surface area contributed by atoms with Gasteiger partial charge in [0.25, 0.3) is 0 Å². The number of hydrogen-bond donors (Lipinski definition) is 1. The van der Waals surface area contributed by atoms with Crippen LogP contribution in [0.2, 0.25) is 0 Å². The van der Waals surface area contributed by atoms with Crippen molar-refractivity contribution in [1.29, 1.82) is 0 Å². The highest BCUT2D eigenvalue weighted by Gasteiger charge is 2.18. The van der Waals surface area contributed by atoms with Gasteiger partial charge in [0.15, 0.2) is 0 Å². The van der Waals surface area contributed by atoms with Gasteiger partial charge in [0.1, 0.15) is 0 Å². The van der Waals surface area contributed by atoms with Crippen LogP contribution in [0.15, 0.2) is 89.4 Å². The molecule has 0 radical (unpaired) electrons. The van der Waals surface area contributed by atoms with Gasteiger partial charge in [0.2, 0.25) is 11.8 Å². The van der Waals surface area contributed by atoms with Crippen LogP contribution in [0.25, 0.3) is 0 Å². The molecule has 0 aromatic heterocycles. The highest BCUT2D eigenvalue weighted by atomic mass is 79.9. The van der Waals surface area contributed by atoms with Gasteiger partial charge in [-0.3, -0.25) is 14.5 Å². The summed E-state index contributed by atoms with van der Waals surface area (Å²) in [5, 5.41) is 2.87. The van der Waals surface area contributed by atoms with Crippen LogP contribution in [0.5, 0.6) is 0 Å². The van der Waals surface area contributed by atoms with E-state index in [1.54, 1.807) is 4.90 Å². The van der Waals surface area contributed by atoms with Crippen molar-refractivity contribution in [2.75, 3.05) is 4.90 Å². The summed E-state index contributed by atoms with van der Waals surface area (Å²) in [4.78, 5) is 26.8. The maximum atomic E-state index is 12.9. The van der Waals surface area contributed by atoms with Crippen molar-refractivity contribution in [3.8, 4) is 0 Å². The monoisotopic (exact) mass is 436 g/mol. The van der Waals surface area contributed by atoms with Crippen LogP contribution < -0.4 is 10.2 Å². The molecule has 3 aromatic carbocycles. The minimum absolute atomic E-state index is 0.116. The average Bonchev–Trinajstić information content (AvgIpc) is 2.72. The quantitative estimate of drug-likeness (QED) is 0.552. The third-order valence-corrected chi connectivity index (χ3v) is 4.72. The van der Waals surface area contributed by atoms with Crippen LogP contribution in [0.4, 0.5) is 11.4 Å². The molecule has 0 unspecified atom stereocenters. The second-order valence-electron chi connectivity index (χ2n) is 6.31. The number of benzene rings is 3. The minimum atomic E-state index is -0.144. The SMILES string of the molecule is O=C(CCC(=O)N(c1ccccc1)c1ccccc1)NCc1cccc(Br)c1. The van der Waals surface area contributed by atoms with Gasteiger partial charge in [0, 0.05) is 35.2 Å². The molecule has 0 spiro atoms. The summed E-state index contributed by atoms with van der Waals surface area (Å²) in [7, 11) is 0. The standard InChI is InChI=1S/C23H21BrN2O2/c24-19-9-7-8-18(16-19)17-25-22(27)14-15-23(28)26(20-10-3-1-4-11-20)21-12-5-2-6-13-21/h1-13,16H,14-15,17H2,(H,25,27). The molecule has 2 amide bonds. The summed E-state index contributed by atoms with van der Waals surface area (Å²) in [6, 6.07) is 26.7. The number of anilines is 2. The molecule has 0 bridgehead atoms. The number of rotatable bonds is 7. The zero-order chi connectivity index (χ0) is 19.8. The van der Waals surface area contributed by atoms with Crippen LogP contribution in [0, 0.1) is 0 Å². The normalized spacial score (nSPS) is 10.3. The topological polar surface area (TPSA) is 49.4 Å². The first-order valence-corrected chi connectivity index (χ1v) is 9.87. The van der Waals surface area contributed by atoms with Crippen molar-refractivity contribution in [2.45, 2.75) is 19.4 Å².